The van der Waals surface area contributed by atoms with Crippen LogP contribution in [-0.4, -0.2) is 28.9 Å². The largest absolute Gasteiger partial charge is 0.347 e. The van der Waals surface area contributed by atoms with Crippen molar-refractivity contribution < 1.29 is 4.79 Å². The SMILES string of the molecule is O=C(NCc1ccc(CN2CCCCC2)cc1)c1nccc2ccccc12. The summed E-state index contributed by atoms with van der Waals surface area (Å²) < 4.78 is 0. The first-order chi connectivity index (χ1) is 13.3. The van der Waals surface area contributed by atoms with Gasteiger partial charge in [-0.3, -0.25) is 14.7 Å². The van der Waals surface area contributed by atoms with Crippen LogP contribution >= 0.6 is 0 Å². The van der Waals surface area contributed by atoms with Gasteiger partial charge in [-0.2, -0.15) is 0 Å². The number of aromatic nitrogens is 1. The first-order valence-electron chi connectivity index (χ1n) is 9.72. The van der Waals surface area contributed by atoms with Crippen molar-refractivity contribution in [1.82, 2.24) is 15.2 Å². The molecule has 1 aromatic heterocycles. The minimum absolute atomic E-state index is 0.135. The fraction of sp³-hybridized carbons (Fsp3) is 0.304. The van der Waals surface area contributed by atoms with Gasteiger partial charge >= 0.3 is 0 Å². The maximum atomic E-state index is 12.6. The molecule has 1 aliphatic rings. The lowest BCUT2D eigenvalue weighted by Crippen LogP contribution is -2.29. The number of hydrogen-bond donors (Lipinski definition) is 1. The van der Waals surface area contributed by atoms with Crippen LogP contribution in [0.15, 0.2) is 60.8 Å². The van der Waals surface area contributed by atoms with Crippen LogP contribution in [0.5, 0.6) is 0 Å². The molecule has 0 spiro atoms. The Hall–Kier alpha value is -2.72. The van der Waals surface area contributed by atoms with Gasteiger partial charge < -0.3 is 5.32 Å². The summed E-state index contributed by atoms with van der Waals surface area (Å²) in [4.78, 5) is 19.4. The van der Waals surface area contributed by atoms with E-state index in [0.717, 1.165) is 22.9 Å². The van der Waals surface area contributed by atoms with Gasteiger partial charge in [0.25, 0.3) is 5.91 Å². The number of carbonyl (C=O) groups is 1. The predicted molar refractivity (Wildman–Crippen MR) is 108 cm³/mol. The third-order valence-electron chi connectivity index (χ3n) is 5.22. The van der Waals surface area contributed by atoms with Gasteiger partial charge in [-0.05, 0) is 48.5 Å². The molecule has 1 amide bonds. The second-order valence-electron chi connectivity index (χ2n) is 7.22. The molecule has 1 fully saturated rings. The number of carbonyl (C=O) groups excluding carboxylic acids is 1. The van der Waals surface area contributed by atoms with E-state index in [9.17, 15) is 4.79 Å². The highest BCUT2D eigenvalue weighted by Crippen LogP contribution is 2.17. The number of rotatable bonds is 5. The molecule has 0 bridgehead atoms. The Bertz CT molecular complexity index is 909. The molecule has 0 unspecified atom stereocenters. The van der Waals surface area contributed by atoms with Crippen molar-refractivity contribution in [2.45, 2.75) is 32.4 Å². The van der Waals surface area contributed by atoms with Gasteiger partial charge in [-0.25, -0.2) is 0 Å². The topological polar surface area (TPSA) is 45.2 Å². The van der Waals surface area contributed by atoms with Crippen LogP contribution in [0.2, 0.25) is 0 Å². The van der Waals surface area contributed by atoms with Crippen LogP contribution in [0.1, 0.15) is 40.9 Å². The maximum Gasteiger partial charge on any atom is 0.270 e. The normalized spacial score (nSPS) is 15.0. The second-order valence-corrected chi connectivity index (χ2v) is 7.22. The van der Waals surface area contributed by atoms with Crippen LogP contribution in [-0.2, 0) is 13.1 Å². The standard InChI is InChI=1S/C23H25N3O/c27-23(22-21-7-3-2-6-20(21)12-13-24-22)25-16-18-8-10-19(11-9-18)17-26-14-4-1-5-15-26/h2-3,6-13H,1,4-5,14-17H2,(H,25,27). The van der Waals surface area contributed by atoms with E-state index in [-0.39, 0.29) is 5.91 Å². The number of amides is 1. The molecular formula is C23H25N3O. The molecule has 0 radical (unpaired) electrons. The van der Waals surface area contributed by atoms with E-state index < -0.39 is 0 Å². The van der Waals surface area contributed by atoms with E-state index in [1.807, 2.05) is 30.3 Å². The van der Waals surface area contributed by atoms with Crippen molar-refractivity contribution in [3.05, 3.63) is 77.6 Å². The molecule has 3 aromatic rings. The van der Waals surface area contributed by atoms with Crippen LogP contribution in [0.25, 0.3) is 10.8 Å². The molecule has 4 nitrogen and oxygen atoms in total. The van der Waals surface area contributed by atoms with E-state index in [1.54, 1.807) is 6.20 Å². The smallest absolute Gasteiger partial charge is 0.270 e. The molecular weight excluding hydrogens is 334 g/mol. The van der Waals surface area contributed by atoms with Crippen LogP contribution in [0.4, 0.5) is 0 Å². The Labute approximate surface area is 160 Å². The minimum Gasteiger partial charge on any atom is -0.347 e. The van der Waals surface area contributed by atoms with E-state index in [2.05, 4.69) is 39.5 Å². The summed E-state index contributed by atoms with van der Waals surface area (Å²) >= 11 is 0. The number of pyridine rings is 1. The zero-order valence-corrected chi connectivity index (χ0v) is 15.5. The molecule has 4 heteroatoms. The van der Waals surface area contributed by atoms with Crippen molar-refractivity contribution in [2.24, 2.45) is 0 Å². The minimum atomic E-state index is -0.135. The summed E-state index contributed by atoms with van der Waals surface area (Å²) in [6.07, 6.45) is 5.67. The molecule has 27 heavy (non-hydrogen) atoms. The van der Waals surface area contributed by atoms with Crippen LogP contribution in [0.3, 0.4) is 0 Å². The molecule has 0 saturated carbocycles. The Morgan fingerprint density at radius 1 is 0.926 bits per heavy atom. The number of likely N-dealkylation sites (tertiary alicyclic amines) is 1. The summed E-state index contributed by atoms with van der Waals surface area (Å²) in [5, 5.41) is 4.91. The number of fused-ring (bicyclic) bond motifs is 1. The van der Waals surface area contributed by atoms with Gasteiger partial charge in [-0.1, -0.05) is 55.0 Å². The quantitative estimate of drug-likeness (QED) is 0.744. The van der Waals surface area contributed by atoms with Crippen LogP contribution in [0, 0.1) is 0 Å². The van der Waals surface area contributed by atoms with Crippen molar-refractivity contribution in [2.75, 3.05) is 13.1 Å². The molecule has 2 heterocycles. The summed E-state index contributed by atoms with van der Waals surface area (Å²) in [6, 6.07) is 18.3. The van der Waals surface area contributed by atoms with Gasteiger partial charge in [0.1, 0.15) is 5.69 Å². The summed E-state index contributed by atoms with van der Waals surface area (Å²) in [6.45, 7) is 3.94. The summed E-state index contributed by atoms with van der Waals surface area (Å²) in [5.74, 6) is -0.135. The van der Waals surface area contributed by atoms with E-state index in [1.165, 1.54) is 37.9 Å². The Kier molecular flexibility index (Phi) is 5.45. The fourth-order valence-corrected chi connectivity index (χ4v) is 3.70. The molecule has 0 atom stereocenters. The Morgan fingerprint density at radius 2 is 1.67 bits per heavy atom. The first-order valence-corrected chi connectivity index (χ1v) is 9.72. The number of hydrogen-bond acceptors (Lipinski definition) is 3. The van der Waals surface area contributed by atoms with Crippen molar-refractivity contribution in [3.63, 3.8) is 0 Å². The van der Waals surface area contributed by atoms with Gasteiger partial charge in [0.05, 0.1) is 0 Å². The number of nitrogens with zero attached hydrogens (tertiary/aromatic N) is 2. The van der Waals surface area contributed by atoms with Gasteiger partial charge in [0, 0.05) is 24.7 Å². The highest BCUT2D eigenvalue weighted by molar-refractivity contribution is 6.05. The lowest BCUT2D eigenvalue weighted by molar-refractivity contribution is 0.0948. The Morgan fingerprint density at radius 3 is 2.48 bits per heavy atom. The molecule has 1 N–H and O–H groups in total. The molecule has 2 aromatic carbocycles. The average molecular weight is 359 g/mol. The zero-order valence-electron chi connectivity index (χ0n) is 15.5. The predicted octanol–water partition coefficient (Wildman–Crippen LogP) is 4.15. The highest BCUT2D eigenvalue weighted by atomic mass is 16.1. The lowest BCUT2D eigenvalue weighted by atomic mass is 10.1. The lowest BCUT2D eigenvalue weighted by Gasteiger charge is -2.26. The molecule has 1 saturated heterocycles. The molecule has 138 valence electrons. The average Bonchev–Trinajstić information content (AvgIpc) is 2.73. The van der Waals surface area contributed by atoms with E-state index >= 15 is 0 Å². The highest BCUT2D eigenvalue weighted by Gasteiger charge is 2.12. The maximum absolute atomic E-state index is 12.6. The first kappa shape index (κ1) is 17.7. The third kappa shape index (κ3) is 4.34. The Balaban J connectivity index is 1.37. The molecule has 1 aliphatic heterocycles. The van der Waals surface area contributed by atoms with E-state index in [4.69, 9.17) is 0 Å². The van der Waals surface area contributed by atoms with Gasteiger partial charge in [0.2, 0.25) is 0 Å². The fourth-order valence-electron chi connectivity index (χ4n) is 3.70. The second kappa shape index (κ2) is 8.31. The molecule has 4 rings (SSSR count). The summed E-state index contributed by atoms with van der Waals surface area (Å²) in [5.41, 5.74) is 2.92. The van der Waals surface area contributed by atoms with Crippen molar-refractivity contribution in [3.8, 4) is 0 Å². The third-order valence-corrected chi connectivity index (χ3v) is 5.22. The van der Waals surface area contributed by atoms with Crippen molar-refractivity contribution >= 4 is 16.7 Å². The van der Waals surface area contributed by atoms with E-state index in [0.29, 0.717) is 12.2 Å². The monoisotopic (exact) mass is 359 g/mol. The number of nitrogens with one attached hydrogen (secondary N) is 1. The van der Waals surface area contributed by atoms with Crippen LogP contribution < -0.4 is 5.32 Å². The van der Waals surface area contributed by atoms with Gasteiger partial charge in [0.15, 0.2) is 0 Å². The summed E-state index contributed by atoms with van der Waals surface area (Å²) in [7, 11) is 0. The zero-order chi connectivity index (χ0) is 18.5. The van der Waals surface area contributed by atoms with Crippen molar-refractivity contribution in [1.29, 1.82) is 0 Å². The number of benzene rings is 2. The molecule has 0 aliphatic carbocycles. The number of piperidine rings is 1. The van der Waals surface area contributed by atoms with Gasteiger partial charge in [-0.15, -0.1) is 0 Å².